The summed E-state index contributed by atoms with van der Waals surface area (Å²) >= 11 is 1.85. The van der Waals surface area contributed by atoms with E-state index in [1.165, 1.54) is 0 Å². The molecule has 0 saturated carbocycles. The van der Waals surface area contributed by atoms with Crippen molar-refractivity contribution in [1.82, 2.24) is 19.7 Å². The lowest BCUT2D eigenvalue weighted by Crippen LogP contribution is -2.30. The van der Waals surface area contributed by atoms with E-state index in [0.717, 1.165) is 48.2 Å². The summed E-state index contributed by atoms with van der Waals surface area (Å²) in [6.45, 7) is 4.59. The van der Waals surface area contributed by atoms with Crippen molar-refractivity contribution in [2.45, 2.75) is 17.9 Å². The highest BCUT2D eigenvalue weighted by atomic mass is 32.2. The molecule has 7 heteroatoms. The van der Waals surface area contributed by atoms with Crippen molar-refractivity contribution in [3.63, 3.8) is 0 Å². The van der Waals surface area contributed by atoms with Crippen molar-refractivity contribution in [3.8, 4) is 0 Å². The molecular weight excluding hydrogens is 262 g/mol. The summed E-state index contributed by atoms with van der Waals surface area (Å²) in [7, 11) is 1.90. The third-order valence-corrected chi connectivity index (χ3v) is 4.21. The molecule has 2 aromatic heterocycles. The fourth-order valence-corrected chi connectivity index (χ4v) is 2.84. The molecule has 1 aliphatic heterocycles. The Morgan fingerprint density at radius 3 is 3.00 bits per heavy atom. The molecule has 1 aliphatic rings. The molecule has 1 saturated heterocycles. The number of rotatable bonds is 5. The number of hydrogen-bond acceptors (Lipinski definition) is 6. The Balaban J connectivity index is 1.87. The quantitative estimate of drug-likeness (QED) is 0.893. The van der Waals surface area contributed by atoms with Crippen LogP contribution in [-0.4, -0.2) is 44.8 Å². The predicted octanol–water partition coefficient (Wildman–Crippen LogP) is 1.43. The first-order valence-electron chi connectivity index (χ1n) is 6.39. The van der Waals surface area contributed by atoms with Gasteiger partial charge >= 0.3 is 0 Å². The smallest absolute Gasteiger partial charge is 0.163 e. The molecule has 0 bridgehead atoms. The molecule has 0 spiro atoms. The molecule has 0 atom stereocenters. The van der Waals surface area contributed by atoms with Gasteiger partial charge in [-0.25, -0.2) is 9.97 Å². The summed E-state index contributed by atoms with van der Waals surface area (Å²) in [6.07, 6.45) is 1.81. The zero-order valence-electron chi connectivity index (χ0n) is 11.1. The van der Waals surface area contributed by atoms with Crippen LogP contribution in [0.1, 0.15) is 12.7 Å². The molecule has 2 aromatic rings. The van der Waals surface area contributed by atoms with Crippen LogP contribution in [0.4, 0.5) is 5.82 Å². The standard InChI is InChI=1S/C12H17N5OS/c1-3-13-11-9-4-14-17(2)12(9)16-10(15-11)7-19-8-5-18-6-8/h4,8H,3,5-7H2,1-2H3,(H,13,15,16). The van der Waals surface area contributed by atoms with Gasteiger partial charge in [0, 0.05) is 13.6 Å². The van der Waals surface area contributed by atoms with Crippen molar-refractivity contribution in [2.24, 2.45) is 7.05 Å². The van der Waals surface area contributed by atoms with E-state index < -0.39 is 0 Å². The van der Waals surface area contributed by atoms with Gasteiger partial charge in [0.15, 0.2) is 5.65 Å². The summed E-state index contributed by atoms with van der Waals surface area (Å²) in [5, 5.41) is 9.10. The van der Waals surface area contributed by atoms with Gasteiger partial charge in [0.2, 0.25) is 0 Å². The lowest BCUT2D eigenvalue weighted by atomic mass is 10.4. The van der Waals surface area contributed by atoms with E-state index >= 15 is 0 Å². The van der Waals surface area contributed by atoms with Crippen LogP contribution in [0.15, 0.2) is 6.20 Å². The highest BCUT2D eigenvalue weighted by Gasteiger charge is 2.19. The monoisotopic (exact) mass is 279 g/mol. The first-order valence-corrected chi connectivity index (χ1v) is 7.44. The van der Waals surface area contributed by atoms with E-state index in [0.29, 0.717) is 5.25 Å². The topological polar surface area (TPSA) is 64.9 Å². The number of thioether (sulfide) groups is 1. The number of nitrogens with zero attached hydrogens (tertiary/aromatic N) is 4. The average molecular weight is 279 g/mol. The number of fused-ring (bicyclic) bond motifs is 1. The van der Waals surface area contributed by atoms with Gasteiger partial charge in [-0.1, -0.05) is 0 Å². The maximum absolute atomic E-state index is 5.17. The Morgan fingerprint density at radius 1 is 1.47 bits per heavy atom. The molecule has 102 valence electrons. The number of hydrogen-bond donors (Lipinski definition) is 1. The maximum atomic E-state index is 5.17. The lowest BCUT2D eigenvalue weighted by Gasteiger charge is -2.24. The molecule has 19 heavy (non-hydrogen) atoms. The largest absolute Gasteiger partial charge is 0.379 e. The molecule has 6 nitrogen and oxygen atoms in total. The van der Waals surface area contributed by atoms with Crippen LogP contribution in [0, 0.1) is 0 Å². The van der Waals surface area contributed by atoms with Crippen LogP contribution < -0.4 is 5.32 Å². The van der Waals surface area contributed by atoms with E-state index in [1.807, 2.05) is 25.0 Å². The molecule has 0 unspecified atom stereocenters. The van der Waals surface area contributed by atoms with Crippen LogP contribution >= 0.6 is 11.8 Å². The summed E-state index contributed by atoms with van der Waals surface area (Å²) in [5.74, 6) is 2.54. The molecule has 1 N–H and O–H groups in total. The van der Waals surface area contributed by atoms with E-state index in [9.17, 15) is 0 Å². The second-order valence-electron chi connectivity index (χ2n) is 4.49. The van der Waals surface area contributed by atoms with Crippen molar-refractivity contribution in [1.29, 1.82) is 0 Å². The van der Waals surface area contributed by atoms with E-state index in [2.05, 4.69) is 27.3 Å². The third kappa shape index (κ3) is 2.52. The van der Waals surface area contributed by atoms with Crippen molar-refractivity contribution < 1.29 is 4.74 Å². The number of aromatic nitrogens is 4. The summed E-state index contributed by atoms with van der Waals surface area (Å²) in [4.78, 5) is 9.19. The van der Waals surface area contributed by atoms with Crippen LogP contribution in [0.25, 0.3) is 11.0 Å². The van der Waals surface area contributed by atoms with Gasteiger partial charge in [-0.2, -0.15) is 5.10 Å². The second-order valence-corrected chi connectivity index (χ2v) is 5.78. The molecule has 0 amide bonds. The molecule has 0 radical (unpaired) electrons. The van der Waals surface area contributed by atoms with Crippen molar-refractivity contribution in [2.75, 3.05) is 25.1 Å². The highest BCUT2D eigenvalue weighted by Crippen LogP contribution is 2.25. The molecular formula is C12H17N5OS. The molecule has 0 aromatic carbocycles. The van der Waals surface area contributed by atoms with Gasteiger partial charge < -0.3 is 10.1 Å². The number of anilines is 1. The van der Waals surface area contributed by atoms with Crippen molar-refractivity contribution >= 4 is 28.6 Å². The average Bonchev–Trinajstić information content (AvgIpc) is 2.70. The SMILES string of the molecule is CCNc1nc(CSC2COC2)nc2c1cnn2C. The molecule has 3 heterocycles. The van der Waals surface area contributed by atoms with Gasteiger partial charge in [-0.05, 0) is 6.92 Å². The first kappa shape index (κ1) is 12.7. The van der Waals surface area contributed by atoms with Gasteiger partial charge in [-0.3, -0.25) is 4.68 Å². The summed E-state index contributed by atoms with van der Waals surface area (Å²) in [5.41, 5.74) is 0.881. The van der Waals surface area contributed by atoms with Crippen LogP contribution in [0.3, 0.4) is 0 Å². The molecule has 1 fully saturated rings. The predicted molar refractivity (Wildman–Crippen MR) is 76.4 cm³/mol. The Bertz CT molecular complexity index is 581. The lowest BCUT2D eigenvalue weighted by molar-refractivity contribution is 0.0455. The minimum atomic E-state index is 0.591. The Labute approximate surface area is 115 Å². The third-order valence-electron chi connectivity index (χ3n) is 3.04. The highest BCUT2D eigenvalue weighted by molar-refractivity contribution is 7.99. The number of ether oxygens (including phenoxy) is 1. The minimum Gasteiger partial charge on any atom is -0.379 e. The van der Waals surface area contributed by atoms with E-state index in [-0.39, 0.29) is 0 Å². The van der Waals surface area contributed by atoms with Gasteiger partial charge in [0.1, 0.15) is 11.6 Å². The number of aryl methyl sites for hydroxylation is 1. The second kappa shape index (κ2) is 5.34. The van der Waals surface area contributed by atoms with E-state index in [4.69, 9.17) is 4.74 Å². The zero-order valence-corrected chi connectivity index (χ0v) is 11.9. The van der Waals surface area contributed by atoms with Crippen molar-refractivity contribution in [3.05, 3.63) is 12.0 Å². The van der Waals surface area contributed by atoms with Gasteiger partial charge in [0.25, 0.3) is 0 Å². The first-order chi connectivity index (χ1) is 9.28. The molecule has 0 aliphatic carbocycles. The van der Waals surface area contributed by atoms with Gasteiger partial charge in [-0.15, -0.1) is 11.8 Å². The molecule has 3 rings (SSSR count). The summed E-state index contributed by atoms with van der Waals surface area (Å²) < 4.78 is 6.96. The zero-order chi connectivity index (χ0) is 13.2. The fourth-order valence-electron chi connectivity index (χ4n) is 1.94. The van der Waals surface area contributed by atoms with Crippen LogP contribution in [-0.2, 0) is 17.5 Å². The summed E-state index contributed by atoms with van der Waals surface area (Å²) in [6, 6.07) is 0. The minimum absolute atomic E-state index is 0.591. The van der Waals surface area contributed by atoms with Crippen LogP contribution in [0.2, 0.25) is 0 Å². The van der Waals surface area contributed by atoms with Gasteiger partial charge in [0.05, 0.1) is 35.8 Å². The Hall–Kier alpha value is -1.34. The fraction of sp³-hybridized carbons (Fsp3) is 0.583. The Kier molecular flexibility index (Phi) is 3.56. The number of nitrogens with one attached hydrogen (secondary N) is 1. The van der Waals surface area contributed by atoms with E-state index in [1.54, 1.807) is 4.68 Å². The normalized spacial score (nSPS) is 15.7. The maximum Gasteiger partial charge on any atom is 0.163 e. The van der Waals surface area contributed by atoms with Crippen LogP contribution in [0.5, 0.6) is 0 Å². The Morgan fingerprint density at radius 2 is 2.32 bits per heavy atom.